The molecule has 1 aromatic rings. The Bertz CT molecular complexity index is 546. The first-order chi connectivity index (χ1) is 10.5. The smallest absolute Gasteiger partial charge is 0.343 e. The molecule has 0 aliphatic carbocycles. The predicted molar refractivity (Wildman–Crippen MR) is 79.0 cm³/mol. The second kappa shape index (κ2) is 8.33. The van der Waals surface area contributed by atoms with Crippen molar-refractivity contribution in [2.24, 2.45) is 0 Å². The number of aliphatic hydroxyl groups excluding tert-OH is 1. The van der Waals surface area contributed by atoms with Gasteiger partial charge < -0.3 is 19.1 Å². The number of aliphatic hydroxyl groups is 1. The number of hydrogen-bond acceptors (Lipinski definition) is 6. The minimum atomic E-state index is -0.805. The maximum absolute atomic E-state index is 12.3. The molecule has 7 heteroatoms. The van der Waals surface area contributed by atoms with E-state index < -0.39 is 17.4 Å². The average Bonchev–Trinajstić information content (AvgIpc) is 2.50. The van der Waals surface area contributed by atoms with Crippen molar-refractivity contribution in [3.63, 3.8) is 0 Å². The van der Waals surface area contributed by atoms with Crippen molar-refractivity contribution in [2.75, 3.05) is 19.8 Å². The molecule has 0 amide bonds. The van der Waals surface area contributed by atoms with Crippen molar-refractivity contribution in [3.8, 4) is 0 Å². The van der Waals surface area contributed by atoms with Crippen molar-refractivity contribution >= 4 is 11.9 Å². The molecule has 1 rings (SSSR count). The number of carbonyl (C=O) groups excluding carboxylic acids is 2. The largest absolute Gasteiger partial charge is 0.462 e. The number of nitrogens with zero attached hydrogens (tertiary/aromatic N) is 1. The van der Waals surface area contributed by atoms with Crippen LogP contribution in [0.25, 0.3) is 0 Å². The molecule has 0 saturated heterocycles. The molecular formula is C15H21NO6. The molecule has 0 aromatic carbocycles. The molecule has 22 heavy (non-hydrogen) atoms. The number of aromatic nitrogens is 1. The van der Waals surface area contributed by atoms with Crippen molar-refractivity contribution in [3.05, 3.63) is 33.7 Å². The van der Waals surface area contributed by atoms with Crippen LogP contribution in [-0.4, -0.2) is 41.4 Å². The van der Waals surface area contributed by atoms with Gasteiger partial charge in [-0.3, -0.25) is 4.79 Å². The van der Waals surface area contributed by atoms with Crippen LogP contribution < -0.4 is 5.43 Å². The molecule has 1 atom stereocenters. The third-order valence-corrected chi connectivity index (χ3v) is 3.14. The SMILES string of the molecule is CCOC(=O)c1cn(C(CC)CO)cc(C(=O)OCC)c1=O. The molecule has 122 valence electrons. The predicted octanol–water partition coefficient (Wildman–Crippen LogP) is 1.15. The number of carbonyl (C=O) groups is 2. The highest BCUT2D eigenvalue weighted by Gasteiger charge is 2.22. The summed E-state index contributed by atoms with van der Waals surface area (Å²) in [6.07, 6.45) is 3.16. The van der Waals surface area contributed by atoms with Gasteiger partial charge in [-0.15, -0.1) is 0 Å². The molecule has 0 saturated carbocycles. The second-order valence-corrected chi connectivity index (χ2v) is 4.55. The Hall–Kier alpha value is -2.15. The van der Waals surface area contributed by atoms with Crippen LogP contribution in [0, 0.1) is 0 Å². The monoisotopic (exact) mass is 311 g/mol. The van der Waals surface area contributed by atoms with Crippen LogP contribution in [0.1, 0.15) is 53.9 Å². The fourth-order valence-corrected chi connectivity index (χ4v) is 1.95. The van der Waals surface area contributed by atoms with Gasteiger partial charge in [0, 0.05) is 12.4 Å². The summed E-state index contributed by atoms with van der Waals surface area (Å²) in [5.41, 5.74) is -1.24. The van der Waals surface area contributed by atoms with Crippen LogP contribution in [-0.2, 0) is 9.47 Å². The molecule has 0 bridgehead atoms. The molecule has 1 unspecified atom stereocenters. The van der Waals surface area contributed by atoms with Crippen molar-refractivity contribution in [2.45, 2.75) is 33.2 Å². The first kappa shape index (κ1) is 17.9. The molecule has 1 aromatic heterocycles. The summed E-state index contributed by atoms with van der Waals surface area (Å²) in [4.78, 5) is 36.1. The molecule has 0 radical (unpaired) electrons. The summed E-state index contributed by atoms with van der Waals surface area (Å²) in [6.45, 7) is 5.11. The fourth-order valence-electron chi connectivity index (χ4n) is 1.95. The van der Waals surface area contributed by atoms with Gasteiger partial charge in [-0.25, -0.2) is 9.59 Å². The minimum Gasteiger partial charge on any atom is -0.462 e. The molecule has 0 spiro atoms. The molecule has 7 nitrogen and oxygen atoms in total. The van der Waals surface area contributed by atoms with Gasteiger partial charge in [0.15, 0.2) is 0 Å². The molecular weight excluding hydrogens is 290 g/mol. The Morgan fingerprint density at radius 1 is 1.09 bits per heavy atom. The second-order valence-electron chi connectivity index (χ2n) is 4.55. The Balaban J connectivity index is 3.46. The number of esters is 2. The van der Waals surface area contributed by atoms with E-state index in [-0.39, 0.29) is 37.0 Å². The lowest BCUT2D eigenvalue weighted by Gasteiger charge is -2.18. The molecule has 1 N–H and O–H groups in total. The zero-order valence-corrected chi connectivity index (χ0v) is 13.0. The Kier molecular flexibility index (Phi) is 6.78. The van der Waals surface area contributed by atoms with Gasteiger partial charge in [0.1, 0.15) is 11.1 Å². The minimum absolute atomic E-state index is 0.110. The summed E-state index contributed by atoms with van der Waals surface area (Å²) in [5, 5.41) is 9.38. The van der Waals surface area contributed by atoms with Gasteiger partial charge in [0.25, 0.3) is 0 Å². The van der Waals surface area contributed by atoms with E-state index in [9.17, 15) is 19.5 Å². The van der Waals surface area contributed by atoms with Crippen LogP contribution in [0.5, 0.6) is 0 Å². The highest BCUT2D eigenvalue weighted by Crippen LogP contribution is 2.13. The standard InChI is InChI=1S/C15H21NO6/c1-4-10(9-17)16-7-11(14(19)21-5-2)13(18)12(8-16)15(20)22-6-3/h7-8,10,17H,4-6,9H2,1-3H3. The van der Waals surface area contributed by atoms with Crippen molar-refractivity contribution in [1.82, 2.24) is 4.57 Å². The van der Waals surface area contributed by atoms with Gasteiger partial charge in [-0.05, 0) is 20.3 Å². The topological polar surface area (TPSA) is 94.8 Å². The maximum atomic E-state index is 12.3. The summed E-state index contributed by atoms with van der Waals surface area (Å²) >= 11 is 0. The maximum Gasteiger partial charge on any atom is 0.343 e. The van der Waals surface area contributed by atoms with Crippen molar-refractivity contribution in [1.29, 1.82) is 0 Å². The van der Waals surface area contributed by atoms with Crippen molar-refractivity contribution < 1.29 is 24.2 Å². The van der Waals surface area contributed by atoms with E-state index in [1.807, 2.05) is 6.92 Å². The number of ether oxygens (including phenoxy) is 2. The zero-order valence-electron chi connectivity index (χ0n) is 13.0. The van der Waals surface area contributed by atoms with E-state index in [1.165, 1.54) is 17.0 Å². The Morgan fingerprint density at radius 2 is 1.55 bits per heavy atom. The summed E-state index contributed by atoms with van der Waals surface area (Å²) in [7, 11) is 0. The number of hydrogen-bond donors (Lipinski definition) is 1. The van der Waals surface area contributed by atoms with E-state index in [1.54, 1.807) is 13.8 Å². The lowest BCUT2D eigenvalue weighted by Crippen LogP contribution is -2.28. The van der Waals surface area contributed by atoms with Gasteiger partial charge in [-0.2, -0.15) is 0 Å². The Morgan fingerprint density at radius 3 is 1.86 bits per heavy atom. The first-order valence-electron chi connectivity index (χ1n) is 7.20. The molecule has 0 fully saturated rings. The third-order valence-electron chi connectivity index (χ3n) is 3.14. The molecule has 0 aliphatic heterocycles. The van der Waals surface area contributed by atoms with E-state index >= 15 is 0 Å². The van der Waals surface area contributed by atoms with Crippen LogP contribution >= 0.6 is 0 Å². The fraction of sp³-hybridized carbons (Fsp3) is 0.533. The Labute approximate surface area is 128 Å². The zero-order chi connectivity index (χ0) is 16.7. The summed E-state index contributed by atoms with van der Waals surface area (Å²) in [5.74, 6) is -1.61. The number of rotatable bonds is 7. The van der Waals surface area contributed by atoms with Gasteiger partial charge in [0.2, 0.25) is 5.43 Å². The van der Waals surface area contributed by atoms with E-state index in [0.29, 0.717) is 6.42 Å². The first-order valence-corrected chi connectivity index (χ1v) is 7.20. The van der Waals surface area contributed by atoms with E-state index in [2.05, 4.69) is 0 Å². The quantitative estimate of drug-likeness (QED) is 0.759. The molecule has 0 aliphatic rings. The van der Waals surface area contributed by atoms with Gasteiger partial charge in [0.05, 0.1) is 25.9 Å². The lowest BCUT2D eigenvalue weighted by atomic mass is 10.1. The van der Waals surface area contributed by atoms with Gasteiger partial charge in [-0.1, -0.05) is 6.92 Å². The summed E-state index contributed by atoms with van der Waals surface area (Å²) in [6, 6.07) is -0.359. The normalized spacial score (nSPS) is 11.8. The summed E-state index contributed by atoms with van der Waals surface area (Å²) < 4.78 is 11.1. The average molecular weight is 311 g/mol. The van der Waals surface area contributed by atoms with Crippen LogP contribution in [0.2, 0.25) is 0 Å². The lowest BCUT2D eigenvalue weighted by molar-refractivity contribution is 0.0519. The highest BCUT2D eigenvalue weighted by molar-refractivity contribution is 5.94. The highest BCUT2D eigenvalue weighted by atomic mass is 16.5. The number of pyridine rings is 1. The van der Waals surface area contributed by atoms with Crippen LogP contribution in [0.4, 0.5) is 0 Å². The third kappa shape index (κ3) is 3.94. The van der Waals surface area contributed by atoms with Gasteiger partial charge >= 0.3 is 11.9 Å². The van der Waals surface area contributed by atoms with E-state index in [0.717, 1.165) is 0 Å². The van der Waals surface area contributed by atoms with Crippen LogP contribution in [0.3, 0.4) is 0 Å². The molecule has 1 heterocycles. The van der Waals surface area contributed by atoms with E-state index in [4.69, 9.17) is 9.47 Å². The van der Waals surface area contributed by atoms with Crippen LogP contribution in [0.15, 0.2) is 17.2 Å².